The van der Waals surface area contributed by atoms with E-state index in [1.54, 1.807) is 12.1 Å². The topological polar surface area (TPSA) is 99.8 Å². The van der Waals surface area contributed by atoms with Crippen LogP contribution in [0.25, 0.3) is 16.8 Å². The van der Waals surface area contributed by atoms with Gasteiger partial charge in [0.15, 0.2) is 11.5 Å². The van der Waals surface area contributed by atoms with E-state index in [0.717, 1.165) is 15.8 Å². The predicted octanol–water partition coefficient (Wildman–Crippen LogP) is 1.60. The Morgan fingerprint density at radius 2 is 1.90 bits per heavy atom. The molecule has 1 aliphatic rings. The van der Waals surface area contributed by atoms with E-state index in [4.69, 9.17) is 9.47 Å². The number of carbonyl (C=O) groups excluding carboxylic acids is 1. The predicted molar refractivity (Wildman–Crippen MR) is 107 cm³/mol. The molecule has 9 heteroatoms. The Morgan fingerprint density at radius 3 is 2.77 bits per heavy atom. The van der Waals surface area contributed by atoms with Gasteiger partial charge in [-0.15, -0.1) is 0 Å². The fourth-order valence-corrected chi connectivity index (χ4v) is 3.24. The first-order chi connectivity index (χ1) is 14.7. The standard InChI is InChI=1S/C21H17N5O4/c27-20(22-10-14-6-7-18-19(8-14)30-13-29-18)11-25-21(28)17-9-16(24-26(17)12-23-25)15-4-2-1-3-5-15/h1-9,12H,10-11,13H2,(H,22,27). The van der Waals surface area contributed by atoms with Crippen molar-refractivity contribution in [3.63, 3.8) is 0 Å². The molecular weight excluding hydrogens is 386 g/mol. The highest BCUT2D eigenvalue weighted by molar-refractivity contribution is 5.75. The number of benzene rings is 2. The smallest absolute Gasteiger partial charge is 0.293 e. The Kier molecular flexibility index (Phi) is 4.40. The van der Waals surface area contributed by atoms with Crippen LogP contribution in [0.15, 0.2) is 65.7 Å². The van der Waals surface area contributed by atoms with Gasteiger partial charge in [-0.3, -0.25) is 9.59 Å². The van der Waals surface area contributed by atoms with Crippen LogP contribution in [0.2, 0.25) is 0 Å². The van der Waals surface area contributed by atoms with Crippen LogP contribution < -0.4 is 20.3 Å². The van der Waals surface area contributed by atoms with Gasteiger partial charge in [0, 0.05) is 12.1 Å². The first-order valence-electron chi connectivity index (χ1n) is 9.33. The van der Waals surface area contributed by atoms with E-state index in [-0.39, 0.29) is 24.8 Å². The SMILES string of the molecule is O=C(Cn1ncn2nc(-c3ccccc3)cc2c1=O)NCc1ccc2c(c1)OCO2. The number of rotatable bonds is 5. The maximum absolute atomic E-state index is 12.7. The average molecular weight is 403 g/mol. The molecule has 1 N–H and O–H groups in total. The van der Waals surface area contributed by atoms with Gasteiger partial charge in [-0.2, -0.15) is 10.2 Å². The molecule has 1 aliphatic heterocycles. The normalized spacial score (nSPS) is 12.3. The summed E-state index contributed by atoms with van der Waals surface area (Å²) >= 11 is 0. The summed E-state index contributed by atoms with van der Waals surface area (Å²) in [5.41, 5.74) is 2.40. The fraction of sp³-hybridized carbons (Fsp3) is 0.143. The number of ether oxygens (including phenoxy) is 2. The van der Waals surface area contributed by atoms with Gasteiger partial charge in [0.1, 0.15) is 18.4 Å². The third kappa shape index (κ3) is 3.37. The van der Waals surface area contributed by atoms with Crippen LogP contribution in [-0.2, 0) is 17.9 Å². The van der Waals surface area contributed by atoms with Crippen molar-refractivity contribution in [1.29, 1.82) is 0 Å². The molecule has 0 spiro atoms. The van der Waals surface area contributed by atoms with Crippen molar-refractivity contribution in [2.45, 2.75) is 13.1 Å². The first kappa shape index (κ1) is 17.9. The molecular formula is C21H17N5O4. The van der Waals surface area contributed by atoms with E-state index < -0.39 is 0 Å². The van der Waals surface area contributed by atoms with Crippen LogP contribution in [0.4, 0.5) is 0 Å². The lowest BCUT2D eigenvalue weighted by Gasteiger charge is -2.07. The van der Waals surface area contributed by atoms with Crippen molar-refractivity contribution in [2.24, 2.45) is 0 Å². The number of hydrogen-bond donors (Lipinski definition) is 1. The van der Waals surface area contributed by atoms with Gasteiger partial charge < -0.3 is 14.8 Å². The molecule has 0 saturated heterocycles. The lowest BCUT2D eigenvalue weighted by Crippen LogP contribution is -2.34. The van der Waals surface area contributed by atoms with Crippen LogP contribution in [-0.4, -0.2) is 32.1 Å². The zero-order valence-corrected chi connectivity index (χ0v) is 15.8. The average Bonchev–Trinajstić information content (AvgIpc) is 3.42. The second kappa shape index (κ2) is 7.36. The van der Waals surface area contributed by atoms with Crippen molar-refractivity contribution in [2.75, 3.05) is 6.79 Å². The van der Waals surface area contributed by atoms with Crippen molar-refractivity contribution in [3.05, 3.63) is 76.8 Å². The van der Waals surface area contributed by atoms with Gasteiger partial charge in [-0.05, 0) is 23.8 Å². The number of nitrogens with zero attached hydrogens (tertiary/aromatic N) is 4. The van der Waals surface area contributed by atoms with Crippen LogP contribution in [0.5, 0.6) is 11.5 Å². The Morgan fingerprint density at radius 1 is 1.07 bits per heavy atom. The van der Waals surface area contributed by atoms with Gasteiger partial charge in [0.05, 0.1) is 5.69 Å². The Balaban J connectivity index is 1.30. The molecule has 4 aromatic rings. The molecule has 0 aliphatic carbocycles. The summed E-state index contributed by atoms with van der Waals surface area (Å²) in [6, 6.07) is 16.7. The number of fused-ring (bicyclic) bond motifs is 2. The first-order valence-corrected chi connectivity index (χ1v) is 9.33. The van der Waals surface area contributed by atoms with E-state index in [2.05, 4.69) is 15.5 Å². The third-order valence-corrected chi connectivity index (χ3v) is 4.78. The quantitative estimate of drug-likeness (QED) is 0.543. The molecule has 1 amide bonds. The van der Waals surface area contributed by atoms with Crippen molar-refractivity contribution in [3.8, 4) is 22.8 Å². The van der Waals surface area contributed by atoms with E-state index in [0.29, 0.717) is 29.3 Å². The maximum Gasteiger partial charge on any atom is 0.293 e. The third-order valence-electron chi connectivity index (χ3n) is 4.78. The van der Waals surface area contributed by atoms with Gasteiger partial charge in [0.2, 0.25) is 12.7 Å². The Bertz CT molecular complexity index is 1300. The second-order valence-electron chi connectivity index (χ2n) is 6.78. The summed E-state index contributed by atoms with van der Waals surface area (Å²) in [7, 11) is 0. The fourth-order valence-electron chi connectivity index (χ4n) is 3.24. The summed E-state index contributed by atoms with van der Waals surface area (Å²) in [5, 5.41) is 11.2. The van der Waals surface area contributed by atoms with Gasteiger partial charge in [-0.1, -0.05) is 36.4 Å². The highest BCUT2D eigenvalue weighted by atomic mass is 16.7. The molecule has 0 fully saturated rings. The molecule has 5 rings (SSSR count). The van der Waals surface area contributed by atoms with E-state index in [1.807, 2.05) is 42.5 Å². The van der Waals surface area contributed by atoms with Crippen LogP contribution >= 0.6 is 0 Å². The molecule has 9 nitrogen and oxygen atoms in total. The highest BCUT2D eigenvalue weighted by Gasteiger charge is 2.15. The minimum absolute atomic E-state index is 0.189. The number of amides is 1. The van der Waals surface area contributed by atoms with Crippen LogP contribution in [0, 0.1) is 0 Å². The summed E-state index contributed by atoms with van der Waals surface area (Å²) in [6.45, 7) is 0.311. The van der Waals surface area contributed by atoms with Crippen LogP contribution in [0.3, 0.4) is 0 Å². The molecule has 0 unspecified atom stereocenters. The molecule has 3 heterocycles. The zero-order chi connectivity index (χ0) is 20.5. The molecule has 0 bridgehead atoms. The van der Waals surface area contributed by atoms with Crippen molar-refractivity contribution in [1.82, 2.24) is 24.7 Å². The Labute approximate surface area is 170 Å². The van der Waals surface area contributed by atoms with E-state index in [9.17, 15) is 9.59 Å². The van der Waals surface area contributed by atoms with Gasteiger partial charge in [-0.25, -0.2) is 9.20 Å². The highest BCUT2D eigenvalue weighted by Crippen LogP contribution is 2.32. The summed E-state index contributed by atoms with van der Waals surface area (Å²) < 4.78 is 13.2. The molecule has 0 radical (unpaired) electrons. The zero-order valence-electron chi connectivity index (χ0n) is 15.8. The number of nitrogens with one attached hydrogen (secondary N) is 1. The number of aromatic nitrogens is 4. The van der Waals surface area contributed by atoms with Crippen molar-refractivity contribution >= 4 is 11.4 Å². The van der Waals surface area contributed by atoms with Crippen molar-refractivity contribution < 1.29 is 14.3 Å². The molecule has 2 aromatic carbocycles. The minimum Gasteiger partial charge on any atom is -0.454 e. The summed E-state index contributed by atoms with van der Waals surface area (Å²) in [6.07, 6.45) is 1.42. The number of carbonyl (C=O) groups is 1. The maximum atomic E-state index is 12.7. The molecule has 2 aromatic heterocycles. The van der Waals surface area contributed by atoms with E-state index in [1.165, 1.54) is 10.8 Å². The molecule has 0 saturated carbocycles. The van der Waals surface area contributed by atoms with Crippen LogP contribution in [0.1, 0.15) is 5.56 Å². The second-order valence-corrected chi connectivity index (χ2v) is 6.78. The Hall–Kier alpha value is -4.14. The van der Waals surface area contributed by atoms with Gasteiger partial charge >= 0.3 is 0 Å². The minimum atomic E-state index is -0.384. The molecule has 30 heavy (non-hydrogen) atoms. The molecule has 150 valence electrons. The monoisotopic (exact) mass is 403 g/mol. The largest absolute Gasteiger partial charge is 0.454 e. The lowest BCUT2D eigenvalue weighted by atomic mass is 10.1. The number of hydrogen-bond acceptors (Lipinski definition) is 6. The van der Waals surface area contributed by atoms with Gasteiger partial charge in [0.25, 0.3) is 5.56 Å². The lowest BCUT2D eigenvalue weighted by molar-refractivity contribution is -0.122. The summed E-state index contributed by atoms with van der Waals surface area (Å²) in [4.78, 5) is 25.1. The molecule has 0 atom stereocenters. The van der Waals surface area contributed by atoms with E-state index >= 15 is 0 Å². The summed E-state index contributed by atoms with van der Waals surface area (Å²) in [5.74, 6) is 1.01.